The first-order chi connectivity index (χ1) is 10.0. The number of rotatable bonds is 5. The zero-order valence-electron chi connectivity index (χ0n) is 11.8. The molecular weight excluding hydrogens is 273 g/mol. The van der Waals surface area contributed by atoms with Crippen molar-refractivity contribution < 1.29 is 19.0 Å². The van der Waals surface area contributed by atoms with Crippen LogP contribution in [0.3, 0.4) is 0 Å². The first-order valence-electron chi connectivity index (χ1n) is 6.41. The van der Waals surface area contributed by atoms with E-state index in [4.69, 9.17) is 9.84 Å². The molecule has 0 fully saturated rings. The van der Waals surface area contributed by atoms with Gasteiger partial charge in [-0.1, -0.05) is 6.07 Å². The molecule has 0 aliphatic carbocycles. The number of anilines is 1. The highest BCUT2D eigenvalue weighted by atomic mass is 19.1. The molecule has 0 saturated carbocycles. The normalized spacial score (nSPS) is 10.2. The number of methoxy groups -OCH3 is 1. The summed E-state index contributed by atoms with van der Waals surface area (Å²) in [5.41, 5.74) is 2.48. The third kappa shape index (κ3) is 3.51. The van der Waals surface area contributed by atoms with Gasteiger partial charge in [-0.2, -0.15) is 0 Å². The topological polar surface area (TPSA) is 58.6 Å². The summed E-state index contributed by atoms with van der Waals surface area (Å²) in [5, 5.41) is 12.1. The van der Waals surface area contributed by atoms with Crippen LogP contribution in [0.4, 0.5) is 10.1 Å². The lowest BCUT2D eigenvalue weighted by molar-refractivity contribution is 0.0697. The molecule has 110 valence electrons. The molecule has 0 aromatic heterocycles. The van der Waals surface area contributed by atoms with Gasteiger partial charge in [-0.15, -0.1) is 0 Å². The highest BCUT2D eigenvalue weighted by molar-refractivity contribution is 5.89. The number of carbonyl (C=O) groups is 1. The molecule has 2 rings (SSSR count). The van der Waals surface area contributed by atoms with Crippen LogP contribution in [0.2, 0.25) is 0 Å². The minimum absolute atomic E-state index is 0.161. The average molecular weight is 289 g/mol. The number of carboxylic acid groups (broad SMARTS) is 1. The van der Waals surface area contributed by atoms with E-state index in [0.29, 0.717) is 18.0 Å². The van der Waals surface area contributed by atoms with Crippen LogP contribution in [0.15, 0.2) is 36.4 Å². The molecule has 0 bridgehead atoms. The fraction of sp³-hybridized carbons (Fsp3) is 0.188. The second-order valence-corrected chi connectivity index (χ2v) is 4.64. The van der Waals surface area contributed by atoms with Gasteiger partial charge in [0, 0.05) is 6.54 Å². The van der Waals surface area contributed by atoms with E-state index in [1.807, 2.05) is 6.92 Å². The van der Waals surface area contributed by atoms with Gasteiger partial charge in [-0.05, 0) is 48.4 Å². The summed E-state index contributed by atoms with van der Waals surface area (Å²) in [4.78, 5) is 11.0. The maximum absolute atomic E-state index is 13.3. The highest BCUT2D eigenvalue weighted by Crippen LogP contribution is 2.26. The molecule has 4 nitrogen and oxygen atoms in total. The van der Waals surface area contributed by atoms with Gasteiger partial charge in [0.05, 0.1) is 18.4 Å². The number of benzene rings is 2. The summed E-state index contributed by atoms with van der Waals surface area (Å²) >= 11 is 0. The molecular formula is C16H16FNO3. The highest BCUT2D eigenvalue weighted by Gasteiger charge is 2.09. The SMILES string of the molecule is COc1ccc(C(=O)O)cc1NCc1cc(F)ccc1C. The van der Waals surface area contributed by atoms with Crippen molar-refractivity contribution in [2.45, 2.75) is 13.5 Å². The zero-order chi connectivity index (χ0) is 15.4. The van der Waals surface area contributed by atoms with E-state index in [0.717, 1.165) is 11.1 Å². The Kier molecular flexibility index (Phi) is 4.42. The quantitative estimate of drug-likeness (QED) is 0.885. The summed E-state index contributed by atoms with van der Waals surface area (Å²) < 4.78 is 18.5. The average Bonchev–Trinajstić information content (AvgIpc) is 2.47. The predicted octanol–water partition coefficient (Wildman–Crippen LogP) is 3.45. The molecule has 2 aromatic rings. The van der Waals surface area contributed by atoms with E-state index in [2.05, 4.69) is 5.32 Å². The van der Waals surface area contributed by atoms with Gasteiger partial charge in [-0.3, -0.25) is 0 Å². The van der Waals surface area contributed by atoms with Gasteiger partial charge >= 0.3 is 5.97 Å². The van der Waals surface area contributed by atoms with Crippen molar-refractivity contribution >= 4 is 11.7 Å². The Morgan fingerprint density at radius 1 is 1.29 bits per heavy atom. The molecule has 5 heteroatoms. The number of nitrogens with one attached hydrogen (secondary N) is 1. The molecule has 0 amide bonds. The molecule has 0 aliphatic heterocycles. The van der Waals surface area contributed by atoms with E-state index in [-0.39, 0.29) is 11.4 Å². The van der Waals surface area contributed by atoms with Crippen LogP contribution in [0, 0.1) is 12.7 Å². The molecule has 0 atom stereocenters. The van der Waals surface area contributed by atoms with E-state index >= 15 is 0 Å². The second-order valence-electron chi connectivity index (χ2n) is 4.64. The Hall–Kier alpha value is -2.56. The largest absolute Gasteiger partial charge is 0.495 e. The number of hydrogen-bond donors (Lipinski definition) is 2. The lowest BCUT2D eigenvalue weighted by Gasteiger charge is -2.13. The van der Waals surface area contributed by atoms with Gasteiger partial charge in [0.15, 0.2) is 0 Å². The number of ether oxygens (including phenoxy) is 1. The molecule has 0 unspecified atom stereocenters. The van der Waals surface area contributed by atoms with Crippen LogP contribution in [-0.2, 0) is 6.54 Å². The Balaban J connectivity index is 2.24. The van der Waals surface area contributed by atoms with E-state index in [1.165, 1.54) is 31.4 Å². The van der Waals surface area contributed by atoms with Crippen LogP contribution >= 0.6 is 0 Å². The van der Waals surface area contributed by atoms with E-state index in [1.54, 1.807) is 12.1 Å². The van der Waals surface area contributed by atoms with Crippen molar-refractivity contribution in [2.75, 3.05) is 12.4 Å². The molecule has 2 N–H and O–H groups in total. The van der Waals surface area contributed by atoms with E-state index in [9.17, 15) is 9.18 Å². The molecule has 21 heavy (non-hydrogen) atoms. The molecule has 0 saturated heterocycles. The van der Waals surface area contributed by atoms with Gasteiger partial charge in [0.2, 0.25) is 0 Å². The monoisotopic (exact) mass is 289 g/mol. The maximum atomic E-state index is 13.3. The van der Waals surface area contributed by atoms with Crippen molar-refractivity contribution in [3.8, 4) is 5.75 Å². The summed E-state index contributed by atoms with van der Waals surface area (Å²) in [7, 11) is 1.51. The van der Waals surface area contributed by atoms with Crippen LogP contribution in [-0.4, -0.2) is 18.2 Å². The zero-order valence-corrected chi connectivity index (χ0v) is 11.8. The molecule has 0 aliphatic rings. The van der Waals surface area contributed by atoms with Gasteiger partial charge in [0.25, 0.3) is 0 Å². The fourth-order valence-electron chi connectivity index (χ4n) is 2.00. The van der Waals surface area contributed by atoms with Crippen LogP contribution in [0.5, 0.6) is 5.75 Å². The molecule has 0 radical (unpaired) electrons. The second kappa shape index (κ2) is 6.26. The number of aryl methyl sites for hydroxylation is 1. The third-order valence-corrected chi connectivity index (χ3v) is 3.23. The summed E-state index contributed by atoms with van der Waals surface area (Å²) in [6.07, 6.45) is 0. The Bertz CT molecular complexity index is 671. The van der Waals surface area contributed by atoms with Gasteiger partial charge in [-0.25, -0.2) is 9.18 Å². The molecule has 0 spiro atoms. The summed E-state index contributed by atoms with van der Waals surface area (Å²) in [6.45, 7) is 2.27. The predicted molar refractivity (Wildman–Crippen MR) is 78.4 cm³/mol. The van der Waals surface area contributed by atoms with Crippen molar-refractivity contribution in [1.82, 2.24) is 0 Å². The Labute approximate surface area is 122 Å². The van der Waals surface area contributed by atoms with Gasteiger partial charge in [0.1, 0.15) is 11.6 Å². The van der Waals surface area contributed by atoms with Crippen molar-refractivity contribution in [3.63, 3.8) is 0 Å². The first kappa shape index (κ1) is 14.8. The Morgan fingerprint density at radius 2 is 2.05 bits per heavy atom. The number of halogens is 1. The number of aromatic carboxylic acids is 1. The maximum Gasteiger partial charge on any atom is 0.335 e. The number of hydrogen-bond acceptors (Lipinski definition) is 3. The first-order valence-corrected chi connectivity index (χ1v) is 6.41. The lowest BCUT2D eigenvalue weighted by Crippen LogP contribution is -2.05. The lowest BCUT2D eigenvalue weighted by atomic mass is 10.1. The van der Waals surface area contributed by atoms with Crippen LogP contribution in [0.25, 0.3) is 0 Å². The molecule has 2 aromatic carbocycles. The number of carboxylic acids is 1. The third-order valence-electron chi connectivity index (χ3n) is 3.23. The molecule has 0 heterocycles. The van der Waals surface area contributed by atoms with Crippen LogP contribution < -0.4 is 10.1 Å². The van der Waals surface area contributed by atoms with E-state index < -0.39 is 5.97 Å². The summed E-state index contributed by atoms with van der Waals surface area (Å²) in [6, 6.07) is 9.12. The van der Waals surface area contributed by atoms with Crippen LogP contribution in [0.1, 0.15) is 21.5 Å². The fourth-order valence-corrected chi connectivity index (χ4v) is 2.00. The minimum atomic E-state index is -1.01. The Morgan fingerprint density at radius 3 is 2.71 bits per heavy atom. The van der Waals surface area contributed by atoms with Gasteiger partial charge < -0.3 is 15.2 Å². The van der Waals surface area contributed by atoms with Crippen molar-refractivity contribution in [3.05, 3.63) is 58.9 Å². The smallest absolute Gasteiger partial charge is 0.335 e. The minimum Gasteiger partial charge on any atom is -0.495 e. The van der Waals surface area contributed by atoms with Crippen molar-refractivity contribution in [2.24, 2.45) is 0 Å². The standard InChI is InChI=1S/C16H16FNO3/c1-10-3-5-13(17)7-12(10)9-18-14-8-11(16(19)20)4-6-15(14)21-2/h3-8,18H,9H2,1-2H3,(H,19,20). The van der Waals surface area contributed by atoms with Crippen molar-refractivity contribution in [1.29, 1.82) is 0 Å². The summed E-state index contributed by atoms with van der Waals surface area (Å²) in [5.74, 6) is -0.777.